The third-order valence-electron chi connectivity index (χ3n) is 4.56. The van der Waals surface area contributed by atoms with Gasteiger partial charge in [0.25, 0.3) is 0 Å². The first-order valence-electron chi connectivity index (χ1n) is 8.49. The lowest BCUT2D eigenvalue weighted by atomic mass is 10.1. The molecule has 29 heavy (non-hydrogen) atoms. The van der Waals surface area contributed by atoms with E-state index >= 15 is 0 Å². The minimum absolute atomic E-state index is 0.00379. The van der Waals surface area contributed by atoms with Crippen LogP contribution in [0.15, 0.2) is 47.0 Å². The van der Waals surface area contributed by atoms with Crippen molar-refractivity contribution >= 4 is 23.2 Å². The molecule has 0 spiro atoms. The Kier molecular flexibility index (Phi) is 4.77. The summed E-state index contributed by atoms with van der Waals surface area (Å²) in [5, 5.41) is 4.01. The molecule has 4 rings (SSSR count). The fraction of sp³-hybridized carbons (Fsp3) is 0.211. The maximum Gasteiger partial charge on any atom is 0.416 e. The molecule has 1 saturated heterocycles. The third kappa shape index (κ3) is 3.82. The van der Waals surface area contributed by atoms with Crippen molar-refractivity contribution in [3.63, 3.8) is 0 Å². The number of amides is 1. The van der Waals surface area contributed by atoms with Crippen LogP contribution in [0.4, 0.5) is 23.2 Å². The van der Waals surface area contributed by atoms with Gasteiger partial charge in [0.2, 0.25) is 17.6 Å². The zero-order valence-corrected chi connectivity index (χ0v) is 15.3. The largest absolute Gasteiger partial charge is 0.416 e. The number of rotatable bonds is 3. The predicted molar refractivity (Wildman–Crippen MR) is 95.9 cm³/mol. The number of aromatic nitrogens is 2. The maximum atomic E-state index is 14.1. The monoisotopic (exact) mass is 425 g/mol. The van der Waals surface area contributed by atoms with Crippen molar-refractivity contribution in [1.29, 1.82) is 0 Å². The van der Waals surface area contributed by atoms with Crippen LogP contribution in [0.25, 0.3) is 11.4 Å². The molecule has 150 valence electrons. The zero-order valence-electron chi connectivity index (χ0n) is 14.6. The summed E-state index contributed by atoms with van der Waals surface area (Å²) >= 11 is 5.89. The van der Waals surface area contributed by atoms with Gasteiger partial charge in [-0.1, -0.05) is 28.9 Å². The van der Waals surface area contributed by atoms with Crippen LogP contribution in [-0.4, -0.2) is 22.6 Å². The number of hydrogen-bond donors (Lipinski definition) is 0. The van der Waals surface area contributed by atoms with E-state index in [-0.39, 0.29) is 46.9 Å². The van der Waals surface area contributed by atoms with Crippen LogP contribution >= 0.6 is 11.6 Å². The lowest BCUT2D eigenvalue weighted by Gasteiger charge is -2.17. The molecule has 0 saturated carbocycles. The first-order valence-corrected chi connectivity index (χ1v) is 8.87. The van der Waals surface area contributed by atoms with Gasteiger partial charge in [0.15, 0.2) is 0 Å². The van der Waals surface area contributed by atoms with Crippen LogP contribution in [0.1, 0.15) is 23.8 Å². The molecule has 3 aromatic rings. The van der Waals surface area contributed by atoms with Gasteiger partial charge in [-0.15, -0.1) is 0 Å². The van der Waals surface area contributed by atoms with Crippen LogP contribution in [0, 0.1) is 5.82 Å². The quantitative estimate of drug-likeness (QED) is 0.550. The number of halogens is 5. The van der Waals surface area contributed by atoms with E-state index in [1.54, 1.807) is 0 Å². The average molecular weight is 426 g/mol. The second-order valence-corrected chi connectivity index (χ2v) is 6.97. The molecule has 1 unspecified atom stereocenters. The highest BCUT2D eigenvalue weighted by Gasteiger charge is 2.36. The van der Waals surface area contributed by atoms with Crippen molar-refractivity contribution in [3.8, 4) is 11.4 Å². The van der Waals surface area contributed by atoms with E-state index < -0.39 is 23.5 Å². The Hall–Kier alpha value is -2.94. The fourth-order valence-electron chi connectivity index (χ4n) is 3.15. The summed E-state index contributed by atoms with van der Waals surface area (Å²) in [5.74, 6) is -1.40. The molecule has 1 aliphatic rings. The molecule has 0 bridgehead atoms. The van der Waals surface area contributed by atoms with Crippen LogP contribution in [0.3, 0.4) is 0 Å². The molecule has 1 aromatic heterocycles. The smallest absolute Gasteiger partial charge is 0.339 e. The van der Waals surface area contributed by atoms with Gasteiger partial charge < -0.3 is 9.42 Å². The highest BCUT2D eigenvalue weighted by Crippen LogP contribution is 2.35. The standard InChI is InChI=1S/C19H12ClF4N3O2/c20-13-4-5-14(21)15(8-13)27-9-11(7-16(27)28)18-25-17(26-29-18)10-2-1-3-12(6-10)19(22,23)24/h1-6,8,11H,7,9H2. The van der Waals surface area contributed by atoms with E-state index in [1.165, 1.54) is 29.2 Å². The number of anilines is 1. The summed E-state index contributed by atoms with van der Waals surface area (Å²) in [6.45, 7) is 0.0837. The normalized spacial score (nSPS) is 17.2. The summed E-state index contributed by atoms with van der Waals surface area (Å²) < 4.78 is 57.9. The second-order valence-electron chi connectivity index (χ2n) is 6.54. The molecule has 2 heterocycles. The van der Waals surface area contributed by atoms with E-state index in [9.17, 15) is 22.4 Å². The van der Waals surface area contributed by atoms with Gasteiger partial charge in [-0.05, 0) is 30.3 Å². The van der Waals surface area contributed by atoms with Gasteiger partial charge in [0.1, 0.15) is 5.82 Å². The van der Waals surface area contributed by atoms with Crippen molar-refractivity contribution in [2.24, 2.45) is 0 Å². The maximum absolute atomic E-state index is 14.1. The van der Waals surface area contributed by atoms with Gasteiger partial charge in [0, 0.05) is 23.6 Å². The Morgan fingerprint density at radius 3 is 2.72 bits per heavy atom. The number of hydrogen-bond acceptors (Lipinski definition) is 4. The highest BCUT2D eigenvalue weighted by atomic mass is 35.5. The van der Waals surface area contributed by atoms with Crippen LogP contribution in [-0.2, 0) is 11.0 Å². The summed E-state index contributed by atoms with van der Waals surface area (Å²) in [6.07, 6.45) is -4.50. The Labute approximate surface area is 166 Å². The SMILES string of the molecule is O=C1CC(c2nc(-c3cccc(C(F)(F)F)c3)no2)CN1c1cc(Cl)ccc1F. The molecule has 1 amide bonds. The van der Waals surface area contributed by atoms with Gasteiger partial charge in [-0.3, -0.25) is 4.79 Å². The number of alkyl halides is 3. The lowest BCUT2D eigenvalue weighted by molar-refractivity contribution is -0.137. The molecule has 10 heteroatoms. The van der Waals surface area contributed by atoms with Crippen LogP contribution < -0.4 is 4.90 Å². The highest BCUT2D eigenvalue weighted by molar-refractivity contribution is 6.31. The van der Waals surface area contributed by atoms with Gasteiger partial charge in [-0.2, -0.15) is 18.2 Å². The van der Waals surface area contributed by atoms with Crippen LogP contribution in [0.2, 0.25) is 5.02 Å². The summed E-state index contributed by atoms with van der Waals surface area (Å²) in [5.41, 5.74) is -0.653. The first kappa shape index (κ1) is 19.4. The molecular formula is C19H12ClF4N3O2. The van der Waals surface area contributed by atoms with Crippen molar-refractivity contribution < 1.29 is 26.9 Å². The topological polar surface area (TPSA) is 59.2 Å². The summed E-state index contributed by atoms with van der Waals surface area (Å²) in [6, 6.07) is 8.42. The molecule has 1 fully saturated rings. The van der Waals surface area contributed by atoms with Crippen LogP contribution in [0.5, 0.6) is 0 Å². The second kappa shape index (κ2) is 7.14. The molecule has 0 radical (unpaired) electrons. The van der Waals surface area contributed by atoms with Gasteiger partial charge in [0.05, 0.1) is 17.2 Å². The summed E-state index contributed by atoms with van der Waals surface area (Å²) in [7, 11) is 0. The van der Waals surface area contributed by atoms with E-state index in [0.29, 0.717) is 0 Å². The van der Waals surface area contributed by atoms with Crippen molar-refractivity contribution in [2.45, 2.75) is 18.5 Å². The number of benzene rings is 2. The Morgan fingerprint density at radius 1 is 1.17 bits per heavy atom. The van der Waals surface area contributed by atoms with E-state index in [0.717, 1.165) is 18.2 Å². The predicted octanol–water partition coefficient (Wildman–Crippen LogP) is 5.07. The zero-order chi connectivity index (χ0) is 20.8. The fourth-order valence-corrected chi connectivity index (χ4v) is 3.32. The lowest BCUT2D eigenvalue weighted by Crippen LogP contribution is -2.25. The number of nitrogens with zero attached hydrogens (tertiary/aromatic N) is 3. The van der Waals surface area contributed by atoms with Crippen molar-refractivity contribution in [2.75, 3.05) is 11.4 Å². The third-order valence-corrected chi connectivity index (χ3v) is 4.80. The Morgan fingerprint density at radius 2 is 1.97 bits per heavy atom. The first-order chi connectivity index (χ1) is 13.7. The minimum atomic E-state index is -4.50. The van der Waals surface area contributed by atoms with E-state index in [4.69, 9.17) is 16.1 Å². The number of carbonyl (C=O) groups is 1. The summed E-state index contributed by atoms with van der Waals surface area (Å²) in [4.78, 5) is 17.7. The van der Waals surface area contributed by atoms with E-state index in [1.807, 2.05) is 0 Å². The molecule has 1 aliphatic heterocycles. The van der Waals surface area contributed by atoms with E-state index in [2.05, 4.69) is 10.1 Å². The Balaban J connectivity index is 1.58. The van der Waals surface area contributed by atoms with Crippen molar-refractivity contribution in [3.05, 3.63) is 64.8 Å². The van der Waals surface area contributed by atoms with Gasteiger partial charge >= 0.3 is 6.18 Å². The molecule has 2 aromatic carbocycles. The molecule has 5 nitrogen and oxygen atoms in total. The Bertz CT molecular complexity index is 1080. The molecule has 1 atom stereocenters. The van der Waals surface area contributed by atoms with Crippen molar-refractivity contribution in [1.82, 2.24) is 10.1 Å². The molecule has 0 N–H and O–H groups in total. The number of carbonyl (C=O) groups excluding carboxylic acids is 1. The average Bonchev–Trinajstić information content (AvgIpc) is 3.30. The van der Waals surface area contributed by atoms with Gasteiger partial charge in [-0.25, -0.2) is 4.39 Å². The minimum Gasteiger partial charge on any atom is -0.339 e. The molecule has 0 aliphatic carbocycles. The molecular weight excluding hydrogens is 414 g/mol.